The van der Waals surface area contributed by atoms with Crippen LogP contribution in [0.2, 0.25) is 0 Å². The Balaban J connectivity index is 2.28. The molecule has 3 heterocycles. The number of pyridine rings is 1. The van der Waals surface area contributed by atoms with Crippen LogP contribution < -0.4 is 10.2 Å². The molecule has 2 aromatic heterocycles. The molecule has 0 saturated heterocycles. The quantitative estimate of drug-likeness (QED) is 0.683. The predicted octanol–water partition coefficient (Wildman–Crippen LogP) is 4.11. The zero-order valence-corrected chi connectivity index (χ0v) is 12.7. The van der Waals surface area contributed by atoms with Crippen molar-refractivity contribution in [2.75, 3.05) is 10.2 Å². The molecule has 0 saturated carbocycles. The highest BCUT2D eigenvalue weighted by Crippen LogP contribution is 2.43. The Morgan fingerprint density at radius 1 is 1.50 bits per heavy atom. The maximum Gasteiger partial charge on any atom is 0.331 e. The van der Waals surface area contributed by atoms with E-state index in [0.717, 1.165) is 11.7 Å². The first kappa shape index (κ1) is 14.2. The maximum absolute atomic E-state index is 12.5. The van der Waals surface area contributed by atoms with Gasteiger partial charge in [0.25, 0.3) is 0 Å². The molecular weight excluding hydrogens is 298 g/mol. The molecule has 1 aliphatic rings. The average molecular weight is 311 g/mol. The Labute approximate surface area is 131 Å². The molecular formula is C16H13N3O2S. The zero-order valence-electron chi connectivity index (χ0n) is 11.9. The van der Waals surface area contributed by atoms with E-state index in [2.05, 4.69) is 16.9 Å². The van der Waals surface area contributed by atoms with Crippen LogP contribution in [-0.2, 0) is 0 Å². The van der Waals surface area contributed by atoms with Crippen molar-refractivity contribution in [1.29, 1.82) is 0 Å². The summed E-state index contributed by atoms with van der Waals surface area (Å²) in [6, 6.07) is 1.44. The van der Waals surface area contributed by atoms with Gasteiger partial charge in [0.15, 0.2) is 6.29 Å². The Hall–Kier alpha value is -2.73. The van der Waals surface area contributed by atoms with Crippen LogP contribution in [0.4, 0.5) is 16.2 Å². The summed E-state index contributed by atoms with van der Waals surface area (Å²) >= 11 is 1.26. The minimum atomic E-state index is -0.322. The molecule has 0 spiro atoms. The predicted molar refractivity (Wildman–Crippen MR) is 89.6 cm³/mol. The number of carbonyl (C=O) groups is 2. The Morgan fingerprint density at radius 2 is 2.32 bits per heavy atom. The largest absolute Gasteiger partial charge is 0.331 e. The van der Waals surface area contributed by atoms with E-state index >= 15 is 0 Å². The van der Waals surface area contributed by atoms with Gasteiger partial charge in [-0.05, 0) is 25.1 Å². The number of urea groups is 1. The first-order valence-electron chi connectivity index (χ1n) is 6.64. The molecule has 110 valence electrons. The van der Waals surface area contributed by atoms with Crippen molar-refractivity contribution in [3.8, 4) is 0 Å². The summed E-state index contributed by atoms with van der Waals surface area (Å²) in [7, 11) is 0. The van der Waals surface area contributed by atoms with Crippen LogP contribution in [0, 0.1) is 0 Å². The molecule has 2 aromatic rings. The highest BCUT2D eigenvalue weighted by atomic mass is 32.1. The fourth-order valence-electron chi connectivity index (χ4n) is 2.37. The van der Waals surface area contributed by atoms with E-state index in [-0.39, 0.29) is 6.03 Å². The lowest BCUT2D eigenvalue weighted by Crippen LogP contribution is -2.36. The van der Waals surface area contributed by atoms with Gasteiger partial charge in [-0.15, -0.1) is 11.3 Å². The van der Waals surface area contributed by atoms with E-state index in [9.17, 15) is 9.59 Å². The van der Waals surface area contributed by atoms with Crippen molar-refractivity contribution in [1.82, 2.24) is 4.98 Å². The third-order valence-electron chi connectivity index (χ3n) is 3.31. The fraction of sp³-hybridized carbons (Fsp3) is 0.0625. The van der Waals surface area contributed by atoms with E-state index in [0.29, 0.717) is 26.8 Å². The summed E-state index contributed by atoms with van der Waals surface area (Å²) in [5.41, 5.74) is 1.88. The van der Waals surface area contributed by atoms with Crippen LogP contribution in [0.1, 0.15) is 16.6 Å². The summed E-state index contributed by atoms with van der Waals surface area (Å²) < 4.78 is 0. The molecule has 0 unspecified atom stereocenters. The molecule has 6 heteroatoms. The molecule has 2 amide bonds. The zero-order chi connectivity index (χ0) is 15.7. The minimum absolute atomic E-state index is 0.322. The Bertz CT molecular complexity index is 848. The highest BCUT2D eigenvalue weighted by Gasteiger charge is 2.30. The molecule has 0 fully saturated rings. The second-order valence-corrected chi connectivity index (χ2v) is 5.59. The molecule has 5 nitrogen and oxygen atoms in total. The maximum atomic E-state index is 12.5. The lowest BCUT2D eigenvalue weighted by atomic mass is 10.1. The monoisotopic (exact) mass is 311 g/mol. The first-order valence-corrected chi connectivity index (χ1v) is 7.46. The summed E-state index contributed by atoms with van der Waals surface area (Å²) in [4.78, 5) is 30.7. The van der Waals surface area contributed by atoms with Crippen LogP contribution in [0.25, 0.3) is 10.2 Å². The lowest BCUT2D eigenvalue weighted by molar-refractivity contribution is 0.112. The second kappa shape index (κ2) is 5.57. The normalized spacial score (nSPS) is 14.5. The summed E-state index contributed by atoms with van der Waals surface area (Å²) in [5, 5.41) is 3.56. The van der Waals surface area contributed by atoms with Crippen LogP contribution in [0.5, 0.6) is 0 Å². The van der Waals surface area contributed by atoms with Crippen LogP contribution in [0.3, 0.4) is 0 Å². The first-order chi connectivity index (χ1) is 10.7. The van der Waals surface area contributed by atoms with E-state index < -0.39 is 0 Å². The SMILES string of the molecule is C=C/C(=C\C=C/C)N1C(=O)Nc2c(C=O)sc3nccc1c23. The summed E-state index contributed by atoms with van der Waals surface area (Å²) in [6.07, 6.45) is 9.50. The van der Waals surface area contributed by atoms with Gasteiger partial charge in [0.2, 0.25) is 0 Å². The molecule has 0 atom stereocenters. The van der Waals surface area contributed by atoms with Crippen molar-refractivity contribution in [3.05, 3.63) is 53.7 Å². The molecule has 1 N–H and O–H groups in total. The van der Waals surface area contributed by atoms with Gasteiger partial charge in [0, 0.05) is 6.20 Å². The molecule has 0 bridgehead atoms. The van der Waals surface area contributed by atoms with Gasteiger partial charge in [0.1, 0.15) is 4.83 Å². The number of carbonyl (C=O) groups excluding carboxylic acids is 2. The smallest absolute Gasteiger partial charge is 0.305 e. The summed E-state index contributed by atoms with van der Waals surface area (Å²) in [6.45, 7) is 5.67. The van der Waals surface area contributed by atoms with Crippen molar-refractivity contribution in [2.24, 2.45) is 0 Å². The third kappa shape index (κ3) is 2.05. The molecule has 3 rings (SSSR count). The van der Waals surface area contributed by atoms with Crippen LogP contribution in [-0.4, -0.2) is 17.3 Å². The fourth-order valence-corrected chi connectivity index (χ4v) is 3.31. The standard InChI is InChI=1S/C16H13N3O2S/c1-3-5-6-10(4-2)19-11-7-8-17-15-13(11)14(18-16(19)21)12(9-20)22-15/h3-9H,2H2,1H3,(H,18,21)/b5-3-,10-6+. The molecule has 22 heavy (non-hydrogen) atoms. The molecule has 1 aliphatic heterocycles. The number of thiophene rings is 1. The number of anilines is 2. The van der Waals surface area contributed by atoms with E-state index in [1.54, 1.807) is 24.4 Å². The number of rotatable bonds is 4. The van der Waals surface area contributed by atoms with Gasteiger partial charge >= 0.3 is 6.03 Å². The van der Waals surface area contributed by atoms with Gasteiger partial charge in [-0.2, -0.15) is 0 Å². The van der Waals surface area contributed by atoms with Gasteiger partial charge in [-0.25, -0.2) is 9.78 Å². The van der Waals surface area contributed by atoms with Crippen molar-refractivity contribution < 1.29 is 9.59 Å². The lowest BCUT2D eigenvalue weighted by Gasteiger charge is -2.28. The van der Waals surface area contributed by atoms with Crippen LogP contribution >= 0.6 is 11.3 Å². The number of nitrogens with zero attached hydrogens (tertiary/aromatic N) is 2. The van der Waals surface area contributed by atoms with Gasteiger partial charge < -0.3 is 5.32 Å². The van der Waals surface area contributed by atoms with E-state index in [4.69, 9.17) is 0 Å². The number of nitrogens with one attached hydrogen (secondary N) is 1. The molecule has 0 radical (unpaired) electrons. The Morgan fingerprint density at radius 3 is 3.00 bits per heavy atom. The minimum Gasteiger partial charge on any atom is -0.305 e. The van der Waals surface area contributed by atoms with Crippen molar-refractivity contribution >= 4 is 45.2 Å². The van der Waals surface area contributed by atoms with Crippen molar-refractivity contribution in [2.45, 2.75) is 6.92 Å². The number of aldehydes is 1. The van der Waals surface area contributed by atoms with Gasteiger partial charge in [-0.3, -0.25) is 9.69 Å². The number of amides is 2. The summed E-state index contributed by atoms with van der Waals surface area (Å²) in [5.74, 6) is 0. The average Bonchev–Trinajstić information content (AvgIpc) is 2.89. The number of allylic oxidation sites excluding steroid dienone is 4. The number of aromatic nitrogens is 1. The van der Waals surface area contributed by atoms with E-state index in [1.807, 2.05) is 19.1 Å². The van der Waals surface area contributed by atoms with Gasteiger partial charge in [0.05, 0.1) is 27.3 Å². The third-order valence-corrected chi connectivity index (χ3v) is 4.33. The number of hydrogen-bond acceptors (Lipinski definition) is 4. The topological polar surface area (TPSA) is 62.3 Å². The van der Waals surface area contributed by atoms with Crippen LogP contribution in [0.15, 0.2) is 48.8 Å². The molecule has 0 aliphatic carbocycles. The highest BCUT2D eigenvalue weighted by molar-refractivity contribution is 7.21. The van der Waals surface area contributed by atoms with Crippen molar-refractivity contribution in [3.63, 3.8) is 0 Å². The van der Waals surface area contributed by atoms with Gasteiger partial charge in [-0.1, -0.05) is 18.7 Å². The second-order valence-electron chi connectivity index (χ2n) is 4.56. The van der Waals surface area contributed by atoms with E-state index in [1.165, 1.54) is 16.2 Å². The number of hydrogen-bond donors (Lipinski definition) is 1. The molecule has 0 aromatic carbocycles. The Kier molecular flexibility index (Phi) is 3.60.